The lowest BCUT2D eigenvalue weighted by molar-refractivity contribution is 0.0924. The highest BCUT2D eigenvalue weighted by Gasteiger charge is 2.26. The van der Waals surface area contributed by atoms with Crippen LogP contribution in [0.15, 0.2) is 11.4 Å². The largest absolute Gasteiger partial charge is 0.495 e. The van der Waals surface area contributed by atoms with Crippen LogP contribution in [0, 0.1) is 5.92 Å². The van der Waals surface area contributed by atoms with Crippen molar-refractivity contribution in [2.45, 2.75) is 25.7 Å². The zero-order valence-corrected chi connectivity index (χ0v) is 9.10. The summed E-state index contributed by atoms with van der Waals surface area (Å²) in [7, 11) is 1.62. The smallest absolute Gasteiger partial charge is 0.179 e. The Morgan fingerprint density at radius 1 is 1.50 bits per heavy atom. The van der Waals surface area contributed by atoms with Crippen LogP contribution >= 0.6 is 11.3 Å². The van der Waals surface area contributed by atoms with Crippen LogP contribution in [0.2, 0.25) is 0 Å². The molecule has 76 valence electrons. The van der Waals surface area contributed by atoms with E-state index < -0.39 is 0 Å². The van der Waals surface area contributed by atoms with E-state index in [-0.39, 0.29) is 11.7 Å². The molecule has 1 aliphatic rings. The van der Waals surface area contributed by atoms with Gasteiger partial charge < -0.3 is 4.74 Å². The maximum Gasteiger partial charge on any atom is 0.179 e. The number of ketones is 1. The highest BCUT2D eigenvalue weighted by atomic mass is 32.1. The molecular formula is C11H14O2S. The molecule has 0 atom stereocenters. The summed E-state index contributed by atoms with van der Waals surface area (Å²) in [5, 5.41) is 1.92. The van der Waals surface area contributed by atoms with Crippen LogP contribution in [-0.4, -0.2) is 12.9 Å². The molecule has 0 bridgehead atoms. The maximum absolute atomic E-state index is 12.0. The van der Waals surface area contributed by atoms with Gasteiger partial charge in [-0.1, -0.05) is 12.8 Å². The fourth-order valence-corrected chi connectivity index (χ4v) is 2.89. The van der Waals surface area contributed by atoms with Crippen LogP contribution in [0.5, 0.6) is 5.75 Å². The summed E-state index contributed by atoms with van der Waals surface area (Å²) in [6.07, 6.45) is 4.51. The predicted molar refractivity (Wildman–Crippen MR) is 57.2 cm³/mol. The number of carbonyl (C=O) groups is 1. The molecule has 0 N–H and O–H groups in total. The van der Waals surface area contributed by atoms with E-state index in [1.165, 1.54) is 24.2 Å². The highest BCUT2D eigenvalue weighted by molar-refractivity contribution is 7.12. The van der Waals surface area contributed by atoms with Gasteiger partial charge in [0.25, 0.3) is 0 Å². The minimum absolute atomic E-state index is 0.252. The van der Waals surface area contributed by atoms with Crippen molar-refractivity contribution in [3.8, 4) is 5.75 Å². The van der Waals surface area contributed by atoms with Crippen molar-refractivity contribution in [2.24, 2.45) is 5.92 Å². The van der Waals surface area contributed by atoms with Crippen LogP contribution in [0.1, 0.15) is 35.4 Å². The van der Waals surface area contributed by atoms with E-state index in [0.29, 0.717) is 0 Å². The Morgan fingerprint density at radius 3 is 2.86 bits per heavy atom. The summed E-state index contributed by atoms with van der Waals surface area (Å²) in [5.41, 5.74) is 0. The minimum Gasteiger partial charge on any atom is -0.495 e. The lowest BCUT2D eigenvalue weighted by Crippen LogP contribution is -2.10. The first-order chi connectivity index (χ1) is 6.83. The second-order valence-corrected chi connectivity index (χ2v) is 4.58. The Kier molecular flexibility index (Phi) is 2.87. The van der Waals surface area contributed by atoms with Crippen LogP contribution in [0.25, 0.3) is 0 Å². The van der Waals surface area contributed by atoms with Crippen molar-refractivity contribution in [1.29, 1.82) is 0 Å². The van der Waals surface area contributed by atoms with Crippen molar-refractivity contribution < 1.29 is 9.53 Å². The fraction of sp³-hybridized carbons (Fsp3) is 0.545. The number of ether oxygens (including phenoxy) is 1. The summed E-state index contributed by atoms with van der Waals surface area (Å²) >= 11 is 1.49. The minimum atomic E-state index is 0.252. The third-order valence-corrected chi connectivity index (χ3v) is 3.71. The number of methoxy groups -OCH3 is 1. The molecule has 0 saturated heterocycles. The van der Waals surface area contributed by atoms with Gasteiger partial charge in [0.15, 0.2) is 5.78 Å². The number of rotatable bonds is 3. The zero-order chi connectivity index (χ0) is 9.97. The Morgan fingerprint density at radius 2 is 2.21 bits per heavy atom. The topological polar surface area (TPSA) is 26.3 Å². The zero-order valence-electron chi connectivity index (χ0n) is 8.29. The SMILES string of the molecule is COc1ccsc1C(=O)C1CCCC1. The summed E-state index contributed by atoms with van der Waals surface area (Å²) < 4.78 is 5.16. The molecule has 2 rings (SSSR count). The van der Waals surface area contributed by atoms with Gasteiger partial charge in [0.05, 0.1) is 7.11 Å². The van der Waals surface area contributed by atoms with E-state index in [1.807, 2.05) is 11.4 Å². The van der Waals surface area contributed by atoms with Gasteiger partial charge in [0.2, 0.25) is 0 Å². The van der Waals surface area contributed by atoms with Gasteiger partial charge >= 0.3 is 0 Å². The van der Waals surface area contributed by atoms with Crippen molar-refractivity contribution in [2.75, 3.05) is 7.11 Å². The number of carbonyl (C=O) groups excluding carboxylic acids is 1. The first-order valence-electron chi connectivity index (χ1n) is 4.98. The lowest BCUT2D eigenvalue weighted by atomic mass is 10.0. The van der Waals surface area contributed by atoms with Gasteiger partial charge in [-0.05, 0) is 24.3 Å². The molecule has 1 aliphatic carbocycles. The van der Waals surface area contributed by atoms with Crippen molar-refractivity contribution in [1.82, 2.24) is 0 Å². The fourth-order valence-electron chi connectivity index (χ4n) is 2.01. The number of Topliss-reactive ketones (excluding diaryl/α,β-unsaturated/α-hetero) is 1. The average Bonchev–Trinajstić information content (AvgIpc) is 2.87. The molecule has 1 saturated carbocycles. The highest BCUT2D eigenvalue weighted by Crippen LogP contribution is 2.33. The molecule has 2 nitrogen and oxygen atoms in total. The maximum atomic E-state index is 12.0. The Bertz CT molecular complexity index is 324. The van der Waals surface area contributed by atoms with E-state index >= 15 is 0 Å². The van der Waals surface area contributed by atoms with Crippen LogP contribution in [0.4, 0.5) is 0 Å². The van der Waals surface area contributed by atoms with Gasteiger partial charge in [-0.3, -0.25) is 4.79 Å². The van der Waals surface area contributed by atoms with Crippen LogP contribution < -0.4 is 4.74 Å². The van der Waals surface area contributed by atoms with Gasteiger partial charge in [-0.2, -0.15) is 0 Å². The standard InChI is InChI=1S/C11H14O2S/c1-13-9-6-7-14-11(9)10(12)8-4-2-3-5-8/h6-8H,2-5H2,1H3. The van der Waals surface area contributed by atoms with E-state index in [4.69, 9.17) is 4.74 Å². The molecule has 1 fully saturated rings. The normalized spacial score (nSPS) is 17.2. The molecule has 0 unspecified atom stereocenters. The third-order valence-electron chi connectivity index (χ3n) is 2.80. The van der Waals surface area contributed by atoms with E-state index in [2.05, 4.69) is 0 Å². The van der Waals surface area contributed by atoms with Crippen LogP contribution in [0.3, 0.4) is 0 Å². The third kappa shape index (κ3) is 1.69. The molecule has 0 spiro atoms. The molecule has 0 amide bonds. The lowest BCUT2D eigenvalue weighted by Gasteiger charge is -2.07. The Labute approximate surface area is 87.9 Å². The first kappa shape index (κ1) is 9.71. The molecular weight excluding hydrogens is 196 g/mol. The molecule has 1 aromatic heterocycles. The van der Waals surface area contributed by atoms with E-state index in [1.54, 1.807) is 7.11 Å². The number of hydrogen-bond acceptors (Lipinski definition) is 3. The molecule has 1 aromatic rings. The van der Waals surface area contributed by atoms with Crippen molar-refractivity contribution in [3.63, 3.8) is 0 Å². The predicted octanol–water partition coefficient (Wildman–Crippen LogP) is 3.13. The number of hydrogen-bond donors (Lipinski definition) is 0. The first-order valence-corrected chi connectivity index (χ1v) is 5.86. The molecule has 1 heterocycles. The molecule has 0 aliphatic heterocycles. The molecule has 3 heteroatoms. The summed E-state index contributed by atoms with van der Waals surface area (Å²) in [5.74, 6) is 1.28. The number of thiophene rings is 1. The Balaban J connectivity index is 2.17. The summed E-state index contributed by atoms with van der Waals surface area (Å²) in [4.78, 5) is 12.8. The van der Waals surface area contributed by atoms with Crippen molar-refractivity contribution in [3.05, 3.63) is 16.3 Å². The van der Waals surface area contributed by atoms with Gasteiger partial charge in [0.1, 0.15) is 10.6 Å². The van der Waals surface area contributed by atoms with Gasteiger partial charge in [-0.15, -0.1) is 11.3 Å². The van der Waals surface area contributed by atoms with E-state index in [0.717, 1.165) is 23.5 Å². The average molecular weight is 210 g/mol. The Hall–Kier alpha value is -0.830. The van der Waals surface area contributed by atoms with E-state index in [9.17, 15) is 4.79 Å². The second-order valence-electron chi connectivity index (χ2n) is 3.66. The second kappa shape index (κ2) is 4.13. The quantitative estimate of drug-likeness (QED) is 0.716. The monoisotopic (exact) mass is 210 g/mol. The van der Waals surface area contributed by atoms with Crippen molar-refractivity contribution >= 4 is 17.1 Å². The summed E-state index contributed by atoms with van der Waals surface area (Å²) in [6.45, 7) is 0. The van der Waals surface area contributed by atoms with Gasteiger partial charge in [0, 0.05) is 5.92 Å². The molecule has 0 aromatic carbocycles. The molecule has 0 radical (unpaired) electrons. The summed E-state index contributed by atoms with van der Waals surface area (Å²) in [6, 6.07) is 1.87. The molecule has 14 heavy (non-hydrogen) atoms. The van der Waals surface area contributed by atoms with Crippen LogP contribution in [-0.2, 0) is 0 Å². The van der Waals surface area contributed by atoms with Gasteiger partial charge in [-0.25, -0.2) is 0 Å².